The molecule has 0 bridgehead atoms. The summed E-state index contributed by atoms with van der Waals surface area (Å²) in [5, 5.41) is 11.8. The maximum absolute atomic E-state index is 13.0. The average molecular weight is 455 g/mol. The molecule has 0 spiro atoms. The number of hydrogen-bond acceptors (Lipinski definition) is 7. The van der Waals surface area contributed by atoms with E-state index in [-0.39, 0.29) is 11.6 Å². The van der Waals surface area contributed by atoms with Crippen LogP contribution >= 0.6 is 11.3 Å². The summed E-state index contributed by atoms with van der Waals surface area (Å²) >= 11 is 1.44. The van der Waals surface area contributed by atoms with Gasteiger partial charge in [0.05, 0.1) is 21.7 Å². The molecule has 3 aromatic rings. The van der Waals surface area contributed by atoms with E-state index in [0.29, 0.717) is 38.3 Å². The Labute approximate surface area is 190 Å². The molecule has 168 valence electrons. The monoisotopic (exact) mass is 454 g/mol. The van der Waals surface area contributed by atoms with Gasteiger partial charge in [-0.3, -0.25) is 14.9 Å². The first kappa shape index (κ1) is 22.0. The zero-order chi connectivity index (χ0) is 22.5. The normalized spacial score (nSPS) is 14.0. The molecule has 0 radical (unpaired) electrons. The lowest BCUT2D eigenvalue weighted by atomic mass is 10.1. The number of thiazole rings is 1. The minimum Gasteiger partial charge on any atom is -0.494 e. The van der Waals surface area contributed by atoms with E-state index in [2.05, 4.69) is 16.8 Å². The number of aromatic nitrogens is 1. The number of hydrogen-bond donors (Lipinski definition) is 0. The number of fused-ring (bicyclic) bond motifs is 1. The van der Waals surface area contributed by atoms with Crippen LogP contribution in [0.4, 0.5) is 10.8 Å². The lowest BCUT2D eigenvalue weighted by Crippen LogP contribution is -2.48. The van der Waals surface area contributed by atoms with Gasteiger partial charge in [-0.1, -0.05) is 37.2 Å². The van der Waals surface area contributed by atoms with Crippen molar-refractivity contribution in [3.05, 3.63) is 58.1 Å². The van der Waals surface area contributed by atoms with Crippen molar-refractivity contribution in [2.45, 2.75) is 26.2 Å². The van der Waals surface area contributed by atoms with E-state index in [9.17, 15) is 14.9 Å². The maximum atomic E-state index is 13.0. The first-order chi connectivity index (χ1) is 15.5. The Hall–Kier alpha value is -3.20. The van der Waals surface area contributed by atoms with Crippen LogP contribution in [0.25, 0.3) is 10.2 Å². The number of nitrogens with zero attached hydrogens (tertiary/aromatic N) is 4. The molecule has 9 heteroatoms. The number of carbonyl (C=O) groups excluding carboxylic acids is 1. The molecule has 4 rings (SSSR count). The third-order valence-electron chi connectivity index (χ3n) is 5.51. The number of carbonyl (C=O) groups is 1. The van der Waals surface area contributed by atoms with Crippen molar-refractivity contribution < 1.29 is 14.5 Å². The van der Waals surface area contributed by atoms with Gasteiger partial charge in [-0.2, -0.15) is 0 Å². The summed E-state index contributed by atoms with van der Waals surface area (Å²) in [6.45, 7) is 5.34. The van der Waals surface area contributed by atoms with Crippen LogP contribution in [-0.4, -0.2) is 53.5 Å². The van der Waals surface area contributed by atoms with Gasteiger partial charge < -0.3 is 14.5 Å². The van der Waals surface area contributed by atoms with Crippen molar-refractivity contribution in [2.75, 3.05) is 37.7 Å². The van der Waals surface area contributed by atoms with Crippen molar-refractivity contribution in [1.29, 1.82) is 0 Å². The molecule has 0 N–H and O–H groups in total. The van der Waals surface area contributed by atoms with Crippen LogP contribution in [0.5, 0.6) is 5.75 Å². The smallest absolute Gasteiger partial charge is 0.270 e. The molecule has 32 heavy (non-hydrogen) atoms. The number of piperazine rings is 1. The Morgan fingerprint density at radius 3 is 2.72 bits per heavy atom. The summed E-state index contributed by atoms with van der Waals surface area (Å²) in [4.78, 5) is 32.2. The highest BCUT2D eigenvalue weighted by Gasteiger charge is 2.24. The summed E-state index contributed by atoms with van der Waals surface area (Å²) < 4.78 is 6.58. The van der Waals surface area contributed by atoms with Gasteiger partial charge in [0.2, 0.25) is 0 Å². The van der Waals surface area contributed by atoms with Crippen molar-refractivity contribution in [2.24, 2.45) is 0 Å². The third-order valence-corrected chi connectivity index (χ3v) is 6.59. The standard InChI is InChI=1S/C23H26N4O4S/c1-2-3-4-14-31-19-7-5-6-17(15-19)22(28)25-10-12-26(13-11-25)23-24-20-9-8-18(27(29)30)16-21(20)32-23/h5-9,15-16H,2-4,10-14H2,1H3. The number of anilines is 1. The van der Waals surface area contributed by atoms with Gasteiger partial charge in [-0.05, 0) is 30.7 Å². The second-order valence-corrected chi connectivity index (χ2v) is 8.78. The molecule has 8 nitrogen and oxygen atoms in total. The van der Waals surface area contributed by atoms with E-state index in [0.717, 1.165) is 40.4 Å². The second kappa shape index (κ2) is 9.95. The lowest BCUT2D eigenvalue weighted by molar-refractivity contribution is -0.384. The van der Waals surface area contributed by atoms with Gasteiger partial charge in [0, 0.05) is 43.9 Å². The molecular weight excluding hydrogens is 428 g/mol. The number of amides is 1. The third kappa shape index (κ3) is 4.99. The molecule has 1 fully saturated rings. The van der Waals surface area contributed by atoms with Crippen LogP contribution in [-0.2, 0) is 0 Å². The second-order valence-electron chi connectivity index (χ2n) is 7.77. The SMILES string of the molecule is CCCCCOc1cccc(C(=O)N2CCN(c3nc4ccc([N+](=O)[O-])cc4s3)CC2)c1. The van der Waals surface area contributed by atoms with Crippen molar-refractivity contribution in [3.63, 3.8) is 0 Å². The zero-order valence-electron chi connectivity index (χ0n) is 18.0. The van der Waals surface area contributed by atoms with Gasteiger partial charge in [-0.25, -0.2) is 4.98 Å². The summed E-state index contributed by atoms with van der Waals surface area (Å²) in [5.41, 5.74) is 1.46. The average Bonchev–Trinajstić information content (AvgIpc) is 3.25. The number of nitro benzene ring substituents is 1. The van der Waals surface area contributed by atoms with E-state index in [1.165, 1.54) is 17.4 Å². The Morgan fingerprint density at radius 1 is 1.16 bits per heavy atom. The van der Waals surface area contributed by atoms with E-state index in [1.807, 2.05) is 29.2 Å². The van der Waals surface area contributed by atoms with E-state index >= 15 is 0 Å². The number of unbranched alkanes of at least 4 members (excludes halogenated alkanes) is 2. The topological polar surface area (TPSA) is 88.8 Å². The van der Waals surface area contributed by atoms with Crippen LogP contribution < -0.4 is 9.64 Å². The molecule has 1 aliphatic rings. The molecule has 0 saturated carbocycles. The first-order valence-corrected chi connectivity index (χ1v) is 11.7. The van der Waals surface area contributed by atoms with E-state index in [1.54, 1.807) is 12.1 Å². The lowest BCUT2D eigenvalue weighted by Gasteiger charge is -2.34. The minimum absolute atomic E-state index is 0.00332. The fraction of sp³-hybridized carbons (Fsp3) is 0.391. The highest BCUT2D eigenvalue weighted by Crippen LogP contribution is 2.32. The Bertz CT molecular complexity index is 1110. The molecule has 0 unspecified atom stereocenters. The fourth-order valence-corrected chi connectivity index (χ4v) is 4.74. The van der Waals surface area contributed by atoms with Gasteiger partial charge >= 0.3 is 0 Å². The van der Waals surface area contributed by atoms with Gasteiger partial charge in [0.15, 0.2) is 5.13 Å². The Balaban J connectivity index is 1.37. The number of benzene rings is 2. The molecule has 2 aromatic carbocycles. The number of ether oxygens (including phenoxy) is 1. The van der Waals surface area contributed by atoms with Crippen LogP contribution in [0.2, 0.25) is 0 Å². The number of nitro groups is 1. The van der Waals surface area contributed by atoms with Crippen LogP contribution in [0, 0.1) is 10.1 Å². The Kier molecular flexibility index (Phi) is 6.84. The molecule has 0 aliphatic carbocycles. The fourth-order valence-electron chi connectivity index (χ4n) is 3.69. The van der Waals surface area contributed by atoms with Gasteiger partial charge in [0.1, 0.15) is 5.75 Å². The van der Waals surface area contributed by atoms with E-state index < -0.39 is 4.92 Å². The predicted molar refractivity (Wildman–Crippen MR) is 126 cm³/mol. The van der Waals surface area contributed by atoms with E-state index in [4.69, 9.17) is 4.74 Å². The highest BCUT2D eigenvalue weighted by atomic mass is 32.1. The summed E-state index contributed by atoms with van der Waals surface area (Å²) in [5.74, 6) is 0.734. The van der Waals surface area contributed by atoms with Gasteiger partial charge in [0.25, 0.3) is 11.6 Å². The molecule has 1 aliphatic heterocycles. The molecule has 1 aromatic heterocycles. The first-order valence-electron chi connectivity index (χ1n) is 10.9. The number of rotatable bonds is 8. The van der Waals surface area contributed by atoms with Crippen LogP contribution in [0.3, 0.4) is 0 Å². The van der Waals surface area contributed by atoms with Crippen molar-refractivity contribution in [1.82, 2.24) is 9.88 Å². The summed E-state index contributed by atoms with van der Waals surface area (Å²) in [6, 6.07) is 12.1. The zero-order valence-corrected chi connectivity index (χ0v) is 18.8. The minimum atomic E-state index is -0.394. The number of non-ortho nitro benzene ring substituents is 1. The largest absolute Gasteiger partial charge is 0.494 e. The highest BCUT2D eigenvalue weighted by molar-refractivity contribution is 7.22. The van der Waals surface area contributed by atoms with Crippen LogP contribution in [0.15, 0.2) is 42.5 Å². The summed E-state index contributed by atoms with van der Waals surface area (Å²) in [7, 11) is 0. The Morgan fingerprint density at radius 2 is 1.97 bits per heavy atom. The van der Waals surface area contributed by atoms with Crippen molar-refractivity contribution in [3.8, 4) is 5.75 Å². The molecule has 2 heterocycles. The van der Waals surface area contributed by atoms with Gasteiger partial charge in [-0.15, -0.1) is 0 Å². The molecular formula is C23H26N4O4S. The molecule has 1 saturated heterocycles. The molecule has 0 atom stereocenters. The quantitative estimate of drug-likeness (QED) is 0.278. The maximum Gasteiger partial charge on any atom is 0.270 e. The molecule has 1 amide bonds. The summed E-state index contributed by atoms with van der Waals surface area (Å²) in [6.07, 6.45) is 3.29. The predicted octanol–water partition coefficient (Wildman–Crippen LogP) is 4.74. The van der Waals surface area contributed by atoms with Crippen molar-refractivity contribution >= 4 is 38.3 Å². The van der Waals surface area contributed by atoms with Crippen LogP contribution in [0.1, 0.15) is 36.5 Å².